The predicted molar refractivity (Wildman–Crippen MR) is 139 cm³/mol. The summed E-state index contributed by atoms with van der Waals surface area (Å²) in [6, 6.07) is 28.0. The number of nitrogens with zero attached hydrogens (tertiary/aromatic N) is 3. The average Bonchev–Trinajstić information content (AvgIpc) is 3.16. The van der Waals surface area contributed by atoms with Gasteiger partial charge in [-0.05, 0) is 29.7 Å². The number of unbranched alkanes of at least 4 members (excludes halogenated alkanes) is 1. The maximum atomic E-state index is 10.3. The number of aliphatic imine (C=N–C) groups is 1. The van der Waals surface area contributed by atoms with Gasteiger partial charge in [0.15, 0.2) is 5.82 Å². The Bertz CT molecular complexity index is 1300. The van der Waals surface area contributed by atoms with E-state index in [0.29, 0.717) is 27.0 Å². The Morgan fingerprint density at radius 3 is 2.06 bits per heavy atom. The van der Waals surface area contributed by atoms with Gasteiger partial charge in [-0.2, -0.15) is 5.26 Å². The first-order valence-electron chi connectivity index (χ1n) is 10.9. The van der Waals surface area contributed by atoms with Gasteiger partial charge in [0.25, 0.3) is 0 Å². The Morgan fingerprint density at radius 1 is 0.879 bits per heavy atom. The second-order valence-electron chi connectivity index (χ2n) is 7.66. The Labute approximate surface area is 204 Å². The molecule has 4 rings (SSSR count). The van der Waals surface area contributed by atoms with Gasteiger partial charge < -0.3 is 4.57 Å². The van der Waals surface area contributed by atoms with E-state index in [1.54, 1.807) is 24.4 Å². The zero-order valence-corrected chi connectivity index (χ0v) is 19.8. The normalized spacial score (nSPS) is 11.1. The summed E-state index contributed by atoms with van der Waals surface area (Å²) in [6.45, 7) is 2.90. The summed E-state index contributed by atoms with van der Waals surface area (Å²) in [5.41, 5.74) is 5.07. The van der Waals surface area contributed by atoms with Crippen molar-refractivity contribution in [1.29, 1.82) is 5.26 Å². The number of aromatic nitrogens is 1. The maximum Gasteiger partial charge on any atom is 0.151 e. The number of hydrogen-bond acceptors (Lipinski definition) is 2. The van der Waals surface area contributed by atoms with Crippen LogP contribution >= 0.6 is 23.2 Å². The van der Waals surface area contributed by atoms with Crippen LogP contribution in [0.15, 0.2) is 83.9 Å². The van der Waals surface area contributed by atoms with E-state index in [4.69, 9.17) is 28.2 Å². The highest BCUT2D eigenvalue weighted by Crippen LogP contribution is 2.43. The first kappa shape index (κ1) is 22.9. The van der Waals surface area contributed by atoms with Gasteiger partial charge in [-0.25, -0.2) is 4.99 Å². The molecule has 0 fully saturated rings. The van der Waals surface area contributed by atoms with Crippen molar-refractivity contribution >= 4 is 35.2 Å². The van der Waals surface area contributed by atoms with E-state index < -0.39 is 0 Å². The maximum absolute atomic E-state index is 10.3. The van der Waals surface area contributed by atoms with Gasteiger partial charge in [-0.15, -0.1) is 0 Å². The third-order valence-corrected chi connectivity index (χ3v) is 6.17. The number of rotatable bonds is 7. The van der Waals surface area contributed by atoms with E-state index in [-0.39, 0.29) is 0 Å². The average molecular weight is 472 g/mol. The highest BCUT2D eigenvalue weighted by molar-refractivity contribution is 6.38. The van der Waals surface area contributed by atoms with Crippen LogP contribution in [0.1, 0.15) is 30.9 Å². The van der Waals surface area contributed by atoms with Crippen molar-refractivity contribution in [2.24, 2.45) is 4.99 Å². The summed E-state index contributed by atoms with van der Waals surface area (Å²) in [5, 5.41) is 11.3. The van der Waals surface area contributed by atoms with Crippen molar-refractivity contribution in [3.8, 4) is 28.5 Å². The van der Waals surface area contributed by atoms with Crippen molar-refractivity contribution in [2.75, 3.05) is 0 Å². The highest BCUT2D eigenvalue weighted by atomic mass is 35.5. The van der Waals surface area contributed by atoms with Crippen molar-refractivity contribution in [3.05, 3.63) is 100 Å². The zero-order valence-electron chi connectivity index (χ0n) is 18.3. The summed E-state index contributed by atoms with van der Waals surface area (Å²) >= 11 is 12.7. The molecule has 1 aromatic heterocycles. The summed E-state index contributed by atoms with van der Waals surface area (Å²) < 4.78 is 2.15. The molecule has 3 aromatic carbocycles. The molecule has 33 heavy (non-hydrogen) atoms. The first-order valence-corrected chi connectivity index (χ1v) is 11.7. The van der Waals surface area contributed by atoms with E-state index in [1.807, 2.05) is 48.5 Å². The first-order chi connectivity index (χ1) is 16.2. The second kappa shape index (κ2) is 10.5. The molecule has 1 heterocycles. The van der Waals surface area contributed by atoms with Crippen LogP contribution in [-0.2, 0) is 6.54 Å². The molecule has 164 valence electrons. The number of nitriles is 1. The second-order valence-corrected chi connectivity index (χ2v) is 8.48. The summed E-state index contributed by atoms with van der Waals surface area (Å²) in [7, 11) is 0. The molecule has 0 N–H and O–H groups in total. The minimum Gasteiger partial charge on any atom is -0.324 e. The molecule has 0 saturated heterocycles. The lowest BCUT2D eigenvalue weighted by Gasteiger charge is -2.13. The van der Waals surface area contributed by atoms with Gasteiger partial charge >= 0.3 is 0 Å². The Kier molecular flexibility index (Phi) is 7.29. The van der Waals surface area contributed by atoms with Gasteiger partial charge in [0.05, 0.1) is 15.7 Å². The fourth-order valence-electron chi connectivity index (χ4n) is 3.92. The molecule has 0 aliphatic rings. The van der Waals surface area contributed by atoms with Crippen molar-refractivity contribution < 1.29 is 0 Å². The lowest BCUT2D eigenvalue weighted by atomic mass is 9.98. The molecule has 0 radical (unpaired) electrons. The molecule has 0 spiro atoms. The van der Waals surface area contributed by atoms with Gasteiger partial charge in [0.1, 0.15) is 11.6 Å². The molecule has 0 aliphatic heterocycles. The van der Waals surface area contributed by atoms with Crippen molar-refractivity contribution in [3.63, 3.8) is 0 Å². The van der Waals surface area contributed by atoms with Crippen LogP contribution in [0.3, 0.4) is 0 Å². The molecule has 0 aliphatic carbocycles. The van der Waals surface area contributed by atoms with Crippen LogP contribution in [0.4, 0.5) is 5.82 Å². The molecule has 3 nitrogen and oxygen atoms in total. The van der Waals surface area contributed by atoms with Crippen LogP contribution < -0.4 is 0 Å². The monoisotopic (exact) mass is 471 g/mol. The Hall–Kier alpha value is -3.32. The Balaban J connectivity index is 2.02. The third kappa shape index (κ3) is 4.73. The van der Waals surface area contributed by atoms with E-state index in [1.165, 1.54) is 0 Å². The van der Waals surface area contributed by atoms with Gasteiger partial charge in [0.2, 0.25) is 0 Å². The van der Waals surface area contributed by atoms with Crippen LogP contribution in [0.5, 0.6) is 0 Å². The number of halogens is 2. The Morgan fingerprint density at radius 2 is 1.48 bits per heavy atom. The number of hydrogen-bond donors (Lipinski definition) is 0. The van der Waals surface area contributed by atoms with Crippen molar-refractivity contribution in [1.82, 2.24) is 4.57 Å². The summed E-state index contributed by atoms with van der Waals surface area (Å²) in [6.07, 6.45) is 3.64. The molecule has 5 heteroatoms. The summed E-state index contributed by atoms with van der Waals surface area (Å²) in [5.74, 6) is 0.611. The van der Waals surface area contributed by atoms with Gasteiger partial charge in [-0.1, -0.05) is 103 Å². The van der Waals surface area contributed by atoms with E-state index >= 15 is 0 Å². The summed E-state index contributed by atoms with van der Waals surface area (Å²) in [4.78, 5) is 4.80. The fraction of sp³-hybridized carbons (Fsp3) is 0.143. The molecule has 0 saturated carbocycles. The van der Waals surface area contributed by atoms with Crippen molar-refractivity contribution in [2.45, 2.75) is 26.3 Å². The van der Waals surface area contributed by atoms with Crippen LogP contribution in [0.2, 0.25) is 10.0 Å². The van der Waals surface area contributed by atoms with Crippen LogP contribution in [0, 0.1) is 11.3 Å². The lowest BCUT2D eigenvalue weighted by Crippen LogP contribution is -2.01. The van der Waals surface area contributed by atoms with Gasteiger partial charge in [0, 0.05) is 23.9 Å². The molecule has 0 unspecified atom stereocenters. The zero-order chi connectivity index (χ0) is 23.2. The topological polar surface area (TPSA) is 41.1 Å². The SMILES string of the molecule is CCCCn1c(/N=C/c2c(Cl)cccc2Cl)c(C#N)c(-c2ccccc2)c1-c1ccccc1. The smallest absolute Gasteiger partial charge is 0.151 e. The minimum absolute atomic E-state index is 0.517. The lowest BCUT2D eigenvalue weighted by molar-refractivity contribution is 0.642. The highest BCUT2D eigenvalue weighted by Gasteiger charge is 2.24. The quantitative estimate of drug-likeness (QED) is 0.249. The van der Waals surface area contributed by atoms with Crippen LogP contribution in [0.25, 0.3) is 22.4 Å². The largest absolute Gasteiger partial charge is 0.324 e. The van der Waals surface area contributed by atoms with Crippen LogP contribution in [-0.4, -0.2) is 10.8 Å². The van der Waals surface area contributed by atoms with E-state index in [9.17, 15) is 5.26 Å². The molecule has 0 amide bonds. The van der Waals surface area contributed by atoms with E-state index in [0.717, 1.165) is 41.8 Å². The molecule has 0 bridgehead atoms. The molecular formula is C28H23Cl2N3. The third-order valence-electron chi connectivity index (χ3n) is 5.51. The molecular weight excluding hydrogens is 449 g/mol. The fourth-order valence-corrected chi connectivity index (χ4v) is 4.42. The standard InChI is InChI=1S/C28H23Cl2N3/c1-2-3-17-33-27(21-13-8-5-9-14-21)26(20-11-6-4-7-12-20)22(18-31)28(33)32-19-23-24(29)15-10-16-25(23)30/h4-16,19H,2-3,17H2,1H3/b32-19+. The molecule has 0 atom stereocenters. The minimum atomic E-state index is 0.517. The molecule has 4 aromatic rings. The predicted octanol–water partition coefficient (Wildman–Crippen LogP) is 8.55. The van der Waals surface area contributed by atoms with E-state index in [2.05, 4.69) is 29.7 Å². The number of benzene rings is 3. The van der Waals surface area contributed by atoms with Gasteiger partial charge in [-0.3, -0.25) is 0 Å².